The van der Waals surface area contributed by atoms with Gasteiger partial charge in [0.1, 0.15) is 0 Å². The summed E-state index contributed by atoms with van der Waals surface area (Å²) in [5, 5.41) is 2.96. The number of hydrogen-bond donors (Lipinski definition) is 1. The van der Waals surface area contributed by atoms with Crippen molar-refractivity contribution >= 4 is 15.9 Å². The fraction of sp³-hybridized carbons (Fsp3) is 0.214. The van der Waals surface area contributed by atoms with Crippen molar-refractivity contribution in [3.05, 3.63) is 63.4 Å². The molecule has 1 unspecified atom stereocenters. The normalized spacial score (nSPS) is 12.5. The van der Waals surface area contributed by atoms with Crippen molar-refractivity contribution in [1.29, 1.82) is 0 Å². The van der Waals surface area contributed by atoms with Crippen LogP contribution in [0.15, 0.2) is 34.9 Å². The monoisotopic (exact) mass is 326 g/mol. The molecule has 1 N–H and O–H groups in total. The number of hydrogen-bond acceptors (Lipinski definition) is 2. The molecule has 0 spiro atoms. The number of aromatic nitrogens is 1. The van der Waals surface area contributed by atoms with Crippen LogP contribution < -0.4 is 5.32 Å². The van der Waals surface area contributed by atoms with Gasteiger partial charge in [0.05, 0.1) is 11.7 Å². The van der Waals surface area contributed by atoms with Gasteiger partial charge in [0.25, 0.3) is 0 Å². The fourth-order valence-electron chi connectivity index (χ4n) is 1.93. The molecule has 19 heavy (non-hydrogen) atoms. The molecule has 100 valence electrons. The van der Waals surface area contributed by atoms with E-state index < -0.39 is 17.7 Å². The molecule has 2 nitrogen and oxygen atoms in total. The van der Waals surface area contributed by atoms with Crippen LogP contribution in [0.3, 0.4) is 0 Å². The van der Waals surface area contributed by atoms with E-state index in [2.05, 4.69) is 26.2 Å². The zero-order valence-electron chi connectivity index (χ0n) is 10.5. The van der Waals surface area contributed by atoms with E-state index in [0.29, 0.717) is 5.69 Å². The van der Waals surface area contributed by atoms with Gasteiger partial charge in [-0.15, -0.1) is 0 Å². The third-order valence-corrected chi connectivity index (χ3v) is 3.64. The van der Waals surface area contributed by atoms with Crippen molar-refractivity contribution in [3.63, 3.8) is 0 Å². The van der Waals surface area contributed by atoms with E-state index in [-0.39, 0.29) is 11.1 Å². The Labute approximate surface area is 119 Å². The minimum Gasteiger partial charge on any atom is -0.308 e. The SMILES string of the molecule is CNC(c1ccc(C)c(F)c1F)c1ncccc1Br. The van der Waals surface area contributed by atoms with E-state index in [1.807, 2.05) is 6.07 Å². The van der Waals surface area contributed by atoms with Gasteiger partial charge in [0.15, 0.2) is 11.6 Å². The van der Waals surface area contributed by atoms with Gasteiger partial charge in [-0.3, -0.25) is 4.98 Å². The molecule has 0 fully saturated rings. The first-order valence-electron chi connectivity index (χ1n) is 5.78. The zero-order valence-corrected chi connectivity index (χ0v) is 12.1. The number of pyridine rings is 1. The van der Waals surface area contributed by atoms with E-state index in [4.69, 9.17) is 0 Å². The summed E-state index contributed by atoms with van der Waals surface area (Å²) in [5.74, 6) is -1.65. The molecule has 0 saturated heterocycles. The zero-order chi connectivity index (χ0) is 14.0. The van der Waals surface area contributed by atoms with Gasteiger partial charge in [-0.2, -0.15) is 0 Å². The van der Waals surface area contributed by atoms with Crippen LogP contribution in [0.1, 0.15) is 22.9 Å². The highest BCUT2D eigenvalue weighted by Crippen LogP contribution is 2.29. The highest BCUT2D eigenvalue weighted by molar-refractivity contribution is 9.10. The average Bonchev–Trinajstić information content (AvgIpc) is 2.41. The summed E-state index contributed by atoms with van der Waals surface area (Å²) in [4.78, 5) is 4.22. The molecule has 1 aromatic heterocycles. The van der Waals surface area contributed by atoms with Gasteiger partial charge in [-0.25, -0.2) is 8.78 Å². The first kappa shape index (κ1) is 14.1. The first-order valence-corrected chi connectivity index (χ1v) is 6.57. The van der Waals surface area contributed by atoms with Crippen LogP contribution in [0.4, 0.5) is 8.78 Å². The van der Waals surface area contributed by atoms with Crippen LogP contribution in [0, 0.1) is 18.6 Å². The third-order valence-electron chi connectivity index (χ3n) is 2.97. The molecule has 0 bridgehead atoms. The number of nitrogens with zero attached hydrogens (tertiary/aromatic N) is 1. The molecule has 0 amide bonds. The van der Waals surface area contributed by atoms with Crippen LogP contribution in [0.25, 0.3) is 0 Å². The molecular weight excluding hydrogens is 314 g/mol. The minimum atomic E-state index is -0.836. The Kier molecular flexibility index (Phi) is 4.27. The minimum absolute atomic E-state index is 0.241. The second-order valence-corrected chi connectivity index (χ2v) is 5.05. The van der Waals surface area contributed by atoms with Gasteiger partial charge < -0.3 is 5.32 Å². The summed E-state index contributed by atoms with van der Waals surface area (Å²) in [6.45, 7) is 1.53. The quantitative estimate of drug-likeness (QED) is 0.929. The molecule has 0 radical (unpaired) electrons. The summed E-state index contributed by atoms with van der Waals surface area (Å²) in [5.41, 5.74) is 1.15. The first-order chi connectivity index (χ1) is 9.06. The molecule has 1 heterocycles. The molecule has 2 rings (SSSR count). The maximum absolute atomic E-state index is 14.1. The second kappa shape index (κ2) is 5.75. The highest BCUT2D eigenvalue weighted by Gasteiger charge is 2.22. The van der Waals surface area contributed by atoms with Crippen molar-refractivity contribution < 1.29 is 8.78 Å². The molecule has 0 aliphatic rings. The Morgan fingerprint density at radius 3 is 2.58 bits per heavy atom. The third kappa shape index (κ3) is 2.67. The molecular formula is C14H13BrF2N2. The van der Waals surface area contributed by atoms with Gasteiger partial charge in [-0.1, -0.05) is 12.1 Å². The van der Waals surface area contributed by atoms with E-state index in [1.54, 1.807) is 31.4 Å². The average molecular weight is 327 g/mol. The number of halogens is 3. The Bertz CT molecular complexity index is 602. The number of aryl methyl sites for hydroxylation is 1. The molecule has 5 heteroatoms. The number of benzene rings is 1. The second-order valence-electron chi connectivity index (χ2n) is 4.19. The van der Waals surface area contributed by atoms with E-state index in [0.717, 1.165) is 4.47 Å². The lowest BCUT2D eigenvalue weighted by molar-refractivity contribution is 0.481. The molecule has 1 aromatic carbocycles. The van der Waals surface area contributed by atoms with Crippen molar-refractivity contribution in [1.82, 2.24) is 10.3 Å². The van der Waals surface area contributed by atoms with E-state index >= 15 is 0 Å². The predicted molar refractivity (Wildman–Crippen MR) is 73.9 cm³/mol. The van der Waals surface area contributed by atoms with Crippen LogP contribution in [0.2, 0.25) is 0 Å². The largest absolute Gasteiger partial charge is 0.308 e. The Morgan fingerprint density at radius 2 is 1.95 bits per heavy atom. The smallest absolute Gasteiger partial charge is 0.164 e. The standard InChI is InChI=1S/C14H13BrF2N2/c1-8-5-6-9(12(17)11(8)16)13(18-2)14-10(15)4-3-7-19-14/h3-7,13,18H,1-2H3. The lowest BCUT2D eigenvalue weighted by Crippen LogP contribution is -2.21. The van der Waals surface area contributed by atoms with Gasteiger partial charge in [0, 0.05) is 16.2 Å². The Hall–Kier alpha value is -1.33. The van der Waals surface area contributed by atoms with E-state index in [9.17, 15) is 8.78 Å². The summed E-state index contributed by atoms with van der Waals surface area (Å²) in [7, 11) is 1.68. The molecule has 2 aromatic rings. The van der Waals surface area contributed by atoms with Crippen molar-refractivity contribution in [2.24, 2.45) is 0 Å². The highest BCUT2D eigenvalue weighted by atomic mass is 79.9. The molecule has 0 saturated carbocycles. The molecule has 0 aliphatic carbocycles. The van der Waals surface area contributed by atoms with E-state index in [1.165, 1.54) is 6.92 Å². The van der Waals surface area contributed by atoms with Gasteiger partial charge >= 0.3 is 0 Å². The van der Waals surface area contributed by atoms with Crippen molar-refractivity contribution in [2.45, 2.75) is 13.0 Å². The summed E-state index contributed by atoms with van der Waals surface area (Å²) >= 11 is 3.37. The number of rotatable bonds is 3. The summed E-state index contributed by atoms with van der Waals surface area (Å²) in [6.07, 6.45) is 1.62. The lowest BCUT2D eigenvalue weighted by Gasteiger charge is -2.18. The van der Waals surface area contributed by atoms with Crippen molar-refractivity contribution in [3.8, 4) is 0 Å². The maximum atomic E-state index is 14.1. The number of nitrogens with one attached hydrogen (secondary N) is 1. The van der Waals surface area contributed by atoms with Crippen molar-refractivity contribution in [2.75, 3.05) is 7.05 Å². The molecule has 1 atom stereocenters. The predicted octanol–water partition coefficient (Wildman–Crippen LogP) is 3.74. The van der Waals surface area contributed by atoms with Gasteiger partial charge in [0.2, 0.25) is 0 Å². The van der Waals surface area contributed by atoms with Crippen LogP contribution in [-0.2, 0) is 0 Å². The maximum Gasteiger partial charge on any atom is 0.164 e. The fourth-order valence-corrected chi connectivity index (χ4v) is 2.42. The van der Waals surface area contributed by atoms with Crippen LogP contribution in [0.5, 0.6) is 0 Å². The topological polar surface area (TPSA) is 24.9 Å². The van der Waals surface area contributed by atoms with Crippen LogP contribution >= 0.6 is 15.9 Å². The Morgan fingerprint density at radius 1 is 1.21 bits per heavy atom. The van der Waals surface area contributed by atoms with Gasteiger partial charge in [-0.05, 0) is 47.6 Å². The summed E-state index contributed by atoms with van der Waals surface area (Å²) in [6, 6.07) is 6.22. The van der Waals surface area contributed by atoms with Crippen LogP contribution in [-0.4, -0.2) is 12.0 Å². The lowest BCUT2D eigenvalue weighted by atomic mass is 10.0. The Balaban J connectivity index is 2.55. The molecule has 0 aliphatic heterocycles. The summed E-state index contributed by atoms with van der Waals surface area (Å²) < 4.78 is 28.5.